The minimum atomic E-state index is -0.229. The summed E-state index contributed by atoms with van der Waals surface area (Å²) in [7, 11) is 0. The lowest BCUT2D eigenvalue weighted by Crippen LogP contribution is -2.21. The van der Waals surface area contributed by atoms with Gasteiger partial charge in [0.2, 0.25) is 0 Å². The molecule has 7 heteroatoms. The average molecular weight is 382 g/mol. The van der Waals surface area contributed by atoms with E-state index in [0.29, 0.717) is 5.52 Å². The van der Waals surface area contributed by atoms with Crippen LogP contribution in [0.2, 0.25) is 0 Å². The number of nitrogens with zero attached hydrogens (tertiary/aromatic N) is 1. The van der Waals surface area contributed by atoms with E-state index in [1.807, 2.05) is 17.5 Å². The van der Waals surface area contributed by atoms with E-state index in [9.17, 15) is 9.59 Å². The third-order valence-corrected chi connectivity index (χ3v) is 6.72. The van der Waals surface area contributed by atoms with Crippen molar-refractivity contribution < 1.29 is 4.79 Å². The number of H-pyrrole nitrogens is 2. The van der Waals surface area contributed by atoms with Crippen molar-refractivity contribution in [2.75, 3.05) is 23.3 Å². The van der Waals surface area contributed by atoms with Gasteiger partial charge in [-0.3, -0.25) is 4.79 Å². The Hall–Kier alpha value is -2.54. The fourth-order valence-corrected chi connectivity index (χ4v) is 5.39. The number of aromatic nitrogens is 2. The molecule has 0 radical (unpaired) electrons. The molecule has 0 atom stereocenters. The van der Waals surface area contributed by atoms with Gasteiger partial charge in [0.05, 0.1) is 28.0 Å². The molecular weight excluding hydrogens is 360 g/mol. The number of aryl methyl sites for hydroxylation is 1. The molecule has 3 heterocycles. The fraction of sp³-hybridized carbons (Fsp3) is 0.400. The Morgan fingerprint density at radius 2 is 1.78 bits per heavy atom. The van der Waals surface area contributed by atoms with E-state index < -0.39 is 0 Å². The van der Waals surface area contributed by atoms with Crippen LogP contribution in [0.4, 0.5) is 11.4 Å². The van der Waals surface area contributed by atoms with E-state index in [1.165, 1.54) is 16.9 Å². The third-order valence-electron chi connectivity index (χ3n) is 5.63. The summed E-state index contributed by atoms with van der Waals surface area (Å²) >= 11 is 1.70. The lowest BCUT2D eigenvalue weighted by atomic mass is 9.95. The molecule has 6 nitrogen and oxygen atoms in total. The SMILES string of the molecule is O=C(Nc1cc2[nH]c(=O)[nH]c2cc1N1CCCC1)c1csc2c1CCCC2. The second-order valence-corrected chi connectivity index (χ2v) is 8.36. The van der Waals surface area contributed by atoms with Crippen molar-refractivity contribution in [1.29, 1.82) is 0 Å². The quantitative estimate of drug-likeness (QED) is 0.647. The lowest BCUT2D eigenvalue weighted by molar-refractivity contribution is 0.102. The topological polar surface area (TPSA) is 81.0 Å². The first kappa shape index (κ1) is 16.6. The van der Waals surface area contributed by atoms with Gasteiger partial charge in [0, 0.05) is 23.3 Å². The minimum absolute atomic E-state index is 0.0490. The Morgan fingerprint density at radius 1 is 1.04 bits per heavy atom. The summed E-state index contributed by atoms with van der Waals surface area (Å²) in [6.07, 6.45) is 6.73. The smallest absolute Gasteiger partial charge is 0.323 e. The number of benzene rings is 1. The van der Waals surface area contributed by atoms with Crippen LogP contribution in [0.25, 0.3) is 11.0 Å². The Bertz CT molecular complexity index is 1070. The summed E-state index contributed by atoms with van der Waals surface area (Å²) in [5, 5.41) is 5.13. The standard InChI is InChI=1S/C20H22N4O2S/c25-19(13-11-27-18-6-2-1-5-12(13)18)21-16-9-14-15(23-20(26)22-14)10-17(16)24-7-3-4-8-24/h9-11H,1-8H2,(H,21,25)(H2,22,23,26). The molecule has 3 N–H and O–H groups in total. The van der Waals surface area contributed by atoms with Gasteiger partial charge in [0.1, 0.15) is 0 Å². The summed E-state index contributed by atoms with van der Waals surface area (Å²) in [6.45, 7) is 1.94. The molecular formula is C20H22N4O2S. The van der Waals surface area contributed by atoms with Gasteiger partial charge in [-0.05, 0) is 56.2 Å². The monoisotopic (exact) mass is 382 g/mol. The molecule has 1 aromatic carbocycles. The number of nitrogens with one attached hydrogen (secondary N) is 3. The molecule has 27 heavy (non-hydrogen) atoms. The van der Waals surface area contributed by atoms with Gasteiger partial charge in [0.15, 0.2) is 0 Å². The molecule has 0 spiro atoms. The molecule has 3 aromatic rings. The first-order valence-corrected chi connectivity index (χ1v) is 10.5. The number of amides is 1. The van der Waals surface area contributed by atoms with Crippen LogP contribution in [-0.4, -0.2) is 29.0 Å². The van der Waals surface area contributed by atoms with Crippen LogP contribution in [0.5, 0.6) is 0 Å². The first-order chi connectivity index (χ1) is 13.2. The van der Waals surface area contributed by atoms with Gasteiger partial charge in [-0.2, -0.15) is 0 Å². The van der Waals surface area contributed by atoms with Crippen molar-refractivity contribution in [3.05, 3.63) is 44.0 Å². The molecule has 1 amide bonds. The summed E-state index contributed by atoms with van der Waals surface area (Å²) in [5.74, 6) is -0.0490. The molecule has 1 fully saturated rings. The van der Waals surface area contributed by atoms with Crippen LogP contribution < -0.4 is 15.9 Å². The van der Waals surface area contributed by atoms with Crippen LogP contribution in [0.3, 0.4) is 0 Å². The van der Waals surface area contributed by atoms with Crippen LogP contribution in [0.15, 0.2) is 22.3 Å². The number of hydrogen-bond donors (Lipinski definition) is 3. The number of anilines is 2. The molecule has 0 saturated carbocycles. The van der Waals surface area contributed by atoms with Gasteiger partial charge in [-0.1, -0.05) is 0 Å². The van der Waals surface area contributed by atoms with E-state index in [2.05, 4.69) is 20.2 Å². The van der Waals surface area contributed by atoms with Crippen molar-refractivity contribution in [3.8, 4) is 0 Å². The number of hydrogen-bond acceptors (Lipinski definition) is 4. The Labute approximate surface area is 160 Å². The lowest BCUT2D eigenvalue weighted by Gasteiger charge is -2.22. The highest BCUT2D eigenvalue weighted by Crippen LogP contribution is 2.34. The zero-order chi connectivity index (χ0) is 18.4. The maximum Gasteiger partial charge on any atom is 0.323 e. The van der Waals surface area contributed by atoms with Crippen molar-refractivity contribution >= 4 is 39.7 Å². The Morgan fingerprint density at radius 3 is 2.59 bits per heavy atom. The van der Waals surface area contributed by atoms with E-state index in [4.69, 9.17) is 0 Å². The van der Waals surface area contributed by atoms with Crippen LogP contribution in [0, 0.1) is 0 Å². The number of aromatic amines is 2. The van der Waals surface area contributed by atoms with Gasteiger partial charge in [0.25, 0.3) is 5.91 Å². The molecule has 2 aromatic heterocycles. The Balaban J connectivity index is 1.53. The summed E-state index contributed by atoms with van der Waals surface area (Å²) in [5.41, 5.74) is 5.03. The highest BCUT2D eigenvalue weighted by atomic mass is 32.1. The van der Waals surface area contributed by atoms with E-state index in [1.54, 1.807) is 11.3 Å². The molecule has 140 valence electrons. The predicted molar refractivity (Wildman–Crippen MR) is 109 cm³/mol. The normalized spacial score (nSPS) is 16.7. The number of carbonyl (C=O) groups is 1. The highest BCUT2D eigenvalue weighted by Gasteiger charge is 2.23. The first-order valence-electron chi connectivity index (χ1n) is 9.60. The largest absolute Gasteiger partial charge is 0.370 e. The molecule has 5 rings (SSSR count). The predicted octanol–water partition coefficient (Wildman–Crippen LogP) is 3.65. The zero-order valence-electron chi connectivity index (χ0n) is 15.1. The molecule has 1 saturated heterocycles. The zero-order valence-corrected chi connectivity index (χ0v) is 15.9. The van der Waals surface area contributed by atoms with Crippen LogP contribution >= 0.6 is 11.3 Å². The van der Waals surface area contributed by atoms with E-state index in [-0.39, 0.29) is 11.6 Å². The molecule has 2 aliphatic rings. The van der Waals surface area contributed by atoms with E-state index in [0.717, 1.165) is 67.6 Å². The molecule has 0 bridgehead atoms. The van der Waals surface area contributed by atoms with Gasteiger partial charge < -0.3 is 20.2 Å². The number of thiophene rings is 1. The maximum atomic E-state index is 13.1. The van der Waals surface area contributed by atoms with Crippen molar-refractivity contribution in [1.82, 2.24) is 9.97 Å². The van der Waals surface area contributed by atoms with Gasteiger partial charge in [-0.25, -0.2) is 4.79 Å². The highest BCUT2D eigenvalue weighted by molar-refractivity contribution is 7.10. The third kappa shape index (κ3) is 2.96. The van der Waals surface area contributed by atoms with Crippen molar-refractivity contribution in [2.24, 2.45) is 0 Å². The van der Waals surface area contributed by atoms with E-state index >= 15 is 0 Å². The number of rotatable bonds is 3. The number of fused-ring (bicyclic) bond motifs is 2. The van der Waals surface area contributed by atoms with Crippen LogP contribution in [-0.2, 0) is 12.8 Å². The second-order valence-electron chi connectivity index (χ2n) is 7.40. The molecule has 0 unspecified atom stereocenters. The average Bonchev–Trinajstić information content (AvgIpc) is 3.39. The summed E-state index contributed by atoms with van der Waals surface area (Å²) in [6, 6.07) is 3.84. The Kier molecular flexibility index (Phi) is 4.04. The fourth-order valence-electron chi connectivity index (χ4n) is 4.26. The van der Waals surface area contributed by atoms with Crippen molar-refractivity contribution in [3.63, 3.8) is 0 Å². The van der Waals surface area contributed by atoms with Crippen LogP contribution in [0.1, 0.15) is 46.5 Å². The number of imidazole rings is 1. The molecule has 1 aliphatic heterocycles. The number of carbonyl (C=O) groups excluding carboxylic acids is 1. The minimum Gasteiger partial charge on any atom is -0.370 e. The summed E-state index contributed by atoms with van der Waals surface area (Å²) in [4.78, 5) is 34.0. The molecule has 1 aliphatic carbocycles. The second kappa shape index (κ2) is 6.56. The maximum absolute atomic E-state index is 13.1. The van der Waals surface area contributed by atoms with Gasteiger partial charge in [-0.15, -0.1) is 11.3 Å². The van der Waals surface area contributed by atoms with Crippen molar-refractivity contribution in [2.45, 2.75) is 38.5 Å². The summed E-state index contributed by atoms with van der Waals surface area (Å²) < 4.78 is 0. The van der Waals surface area contributed by atoms with Gasteiger partial charge >= 0.3 is 5.69 Å².